The van der Waals surface area contributed by atoms with Gasteiger partial charge in [0, 0.05) is 54.7 Å². The van der Waals surface area contributed by atoms with Gasteiger partial charge in [-0.25, -0.2) is 9.97 Å². The van der Waals surface area contributed by atoms with Crippen LogP contribution in [0.1, 0.15) is 26.6 Å². The highest BCUT2D eigenvalue weighted by Crippen LogP contribution is 2.32. The number of hydrogen-bond donors (Lipinski definition) is 3. The van der Waals surface area contributed by atoms with E-state index < -0.39 is 11.9 Å². The first-order chi connectivity index (χ1) is 16.1. The van der Waals surface area contributed by atoms with Crippen molar-refractivity contribution < 1.29 is 13.2 Å². The van der Waals surface area contributed by atoms with Gasteiger partial charge in [0.25, 0.3) is 0 Å². The van der Waals surface area contributed by atoms with Crippen molar-refractivity contribution in [1.29, 1.82) is 5.41 Å². The first-order valence-electron chi connectivity index (χ1n) is 10.7. The molecule has 2 aliphatic heterocycles. The lowest BCUT2D eigenvalue weighted by Gasteiger charge is -2.48. The average molecular weight is 476 g/mol. The monoisotopic (exact) mass is 475 g/mol. The average Bonchev–Trinajstić information content (AvgIpc) is 2.81. The topological polar surface area (TPSA) is 119 Å². The first-order valence-corrected chi connectivity index (χ1v) is 10.7. The summed E-state index contributed by atoms with van der Waals surface area (Å²) in [7, 11) is 0. The third-order valence-corrected chi connectivity index (χ3v) is 5.98. The van der Waals surface area contributed by atoms with E-state index in [1.807, 2.05) is 20.8 Å². The number of rotatable bonds is 6. The Labute approximate surface area is 196 Å². The molecule has 1 saturated heterocycles. The molecule has 0 saturated carbocycles. The van der Waals surface area contributed by atoms with E-state index in [4.69, 9.17) is 11.1 Å². The summed E-state index contributed by atoms with van der Waals surface area (Å²) in [5.41, 5.74) is 5.60. The summed E-state index contributed by atoms with van der Waals surface area (Å²) < 4.78 is 39.7. The molecule has 1 aromatic rings. The van der Waals surface area contributed by atoms with E-state index in [1.54, 1.807) is 12.3 Å². The summed E-state index contributed by atoms with van der Waals surface area (Å²) >= 11 is 0. The standard InChI is InChI=1S/C22H28F3N9/c1-13-14(2)34(15(3)20(31-13)16(9-26)10-27)19-5-6-30-21(32-19)17(11-28-4)33-8-7-29-18(12-33)22(23,24)25/h5-7,9-15,20,26,31H,4,8,27H2,1-3H3/b16-10+,17-11-,26-9?. The normalized spacial score (nSPS) is 26.4. The number of hydrogen-bond acceptors (Lipinski definition) is 9. The number of halogens is 3. The maximum Gasteiger partial charge on any atom is 0.434 e. The molecule has 9 nitrogen and oxygen atoms in total. The van der Waals surface area contributed by atoms with Crippen LogP contribution in [-0.4, -0.2) is 70.9 Å². The molecular weight excluding hydrogens is 447 g/mol. The van der Waals surface area contributed by atoms with Gasteiger partial charge in [0.05, 0.1) is 18.8 Å². The number of aromatic nitrogens is 2. The summed E-state index contributed by atoms with van der Waals surface area (Å²) in [5, 5.41) is 11.2. The highest BCUT2D eigenvalue weighted by Gasteiger charge is 2.39. The van der Waals surface area contributed by atoms with E-state index >= 15 is 0 Å². The number of nitrogens with one attached hydrogen (secondary N) is 2. The van der Waals surface area contributed by atoms with E-state index in [-0.39, 0.29) is 42.2 Å². The number of anilines is 1. The van der Waals surface area contributed by atoms with Gasteiger partial charge < -0.3 is 26.3 Å². The van der Waals surface area contributed by atoms with Crippen molar-refractivity contribution in [3.8, 4) is 0 Å². The molecule has 0 radical (unpaired) electrons. The lowest BCUT2D eigenvalue weighted by atomic mass is 9.92. The number of allylic oxidation sites excluding steroid dienone is 1. The van der Waals surface area contributed by atoms with Crippen molar-refractivity contribution in [3.63, 3.8) is 0 Å². The third-order valence-electron chi connectivity index (χ3n) is 5.98. The van der Waals surface area contributed by atoms with Gasteiger partial charge in [-0.2, -0.15) is 13.2 Å². The second kappa shape index (κ2) is 10.2. The maximum atomic E-state index is 13.2. The summed E-state index contributed by atoms with van der Waals surface area (Å²) in [6.45, 7) is 9.61. The zero-order valence-electron chi connectivity index (χ0n) is 19.2. The predicted molar refractivity (Wildman–Crippen MR) is 128 cm³/mol. The smallest absolute Gasteiger partial charge is 0.404 e. The summed E-state index contributed by atoms with van der Waals surface area (Å²) in [5.74, 6) is 0.784. The quantitative estimate of drug-likeness (QED) is 0.545. The van der Waals surface area contributed by atoms with Gasteiger partial charge in [-0.1, -0.05) is 0 Å². The second-order valence-corrected chi connectivity index (χ2v) is 8.04. The number of alkyl halides is 3. The Bertz CT molecular complexity index is 1040. The van der Waals surface area contributed by atoms with Gasteiger partial charge in [-0.3, -0.25) is 9.98 Å². The molecule has 4 N–H and O–H groups in total. The zero-order chi connectivity index (χ0) is 25.0. The van der Waals surface area contributed by atoms with E-state index in [2.05, 4.69) is 36.9 Å². The molecule has 12 heteroatoms. The Kier molecular flexibility index (Phi) is 7.50. The number of nitrogens with two attached hydrogens (primary N) is 1. The van der Waals surface area contributed by atoms with Crippen molar-refractivity contribution in [3.05, 3.63) is 48.0 Å². The highest BCUT2D eigenvalue weighted by molar-refractivity contribution is 5.78. The van der Waals surface area contributed by atoms with Crippen LogP contribution in [-0.2, 0) is 0 Å². The Morgan fingerprint density at radius 3 is 2.68 bits per heavy atom. The minimum atomic E-state index is -4.59. The lowest BCUT2D eigenvalue weighted by molar-refractivity contribution is -0.0934. The SMILES string of the molecule is C=N/C=C(/c1nccc(N2C(C)C(C)NC(/C(C=N)=C/N)C2C)n1)N1C=C(C(F)(F)F)N=CC1. The molecule has 0 bridgehead atoms. The lowest BCUT2D eigenvalue weighted by Crippen LogP contribution is -2.66. The fraction of sp³-hybridized carbons (Fsp3) is 0.409. The summed E-state index contributed by atoms with van der Waals surface area (Å²) in [4.78, 5) is 19.6. The summed E-state index contributed by atoms with van der Waals surface area (Å²) in [6.07, 6.45) is 3.00. The minimum absolute atomic E-state index is 0.0163. The van der Waals surface area contributed by atoms with Crippen LogP contribution in [0.25, 0.3) is 5.70 Å². The molecule has 4 atom stereocenters. The van der Waals surface area contributed by atoms with Crippen molar-refractivity contribution in [2.75, 3.05) is 11.4 Å². The molecule has 1 fully saturated rings. The molecule has 0 aliphatic carbocycles. The van der Waals surface area contributed by atoms with Crippen LogP contribution in [0.2, 0.25) is 0 Å². The number of aliphatic imine (C=N–C) groups is 2. The van der Waals surface area contributed by atoms with Crippen LogP contribution in [0.15, 0.2) is 52.1 Å². The molecule has 0 aromatic carbocycles. The molecule has 0 spiro atoms. The molecule has 1 aromatic heterocycles. The summed E-state index contributed by atoms with van der Waals surface area (Å²) in [6, 6.07) is 1.45. The van der Waals surface area contributed by atoms with Crippen molar-refractivity contribution >= 4 is 30.7 Å². The van der Waals surface area contributed by atoms with E-state index in [0.717, 1.165) is 6.20 Å². The first kappa shape index (κ1) is 25.1. The second-order valence-electron chi connectivity index (χ2n) is 8.04. The highest BCUT2D eigenvalue weighted by atomic mass is 19.4. The Morgan fingerprint density at radius 1 is 1.32 bits per heavy atom. The maximum absolute atomic E-state index is 13.2. The van der Waals surface area contributed by atoms with Crippen LogP contribution in [0.4, 0.5) is 19.0 Å². The predicted octanol–water partition coefficient (Wildman–Crippen LogP) is 2.70. The van der Waals surface area contributed by atoms with Crippen LogP contribution in [0.3, 0.4) is 0 Å². The van der Waals surface area contributed by atoms with Gasteiger partial charge in [-0.05, 0) is 33.6 Å². The van der Waals surface area contributed by atoms with Gasteiger partial charge in [-0.15, -0.1) is 0 Å². The molecular formula is C22H28F3N9. The van der Waals surface area contributed by atoms with Gasteiger partial charge in [0.1, 0.15) is 11.5 Å². The number of piperazine rings is 1. The molecule has 0 amide bonds. The van der Waals surface area contributed by atoms with E-state index in [9.17, 15) is 13.2 Å². The molecule has 34 heavy (non-hydrogen) atoms. The van der Waals surface area contributed by atoms with E-state index in [0.29, 0.717) is 11.4 Å². The Hall–Kier alpha value is -3.54. The number of nitrogens with zero attached hydrogens (tertiary/aromatic N) is 6. The molecule has 182 valence electrons. The van der Waals surface area contributed by atoms with Crippen LogP contribution >= 0.6 is 0 Å². The fourth-order valence-corrected chi connectivity index (χ4v) is 4.11. The molecule has 4 unspecified atom stereocenters. The fourth-order valence-electron chi connectivity index (χ4n) is 4.11. The molecule has 3 heterocycles. The minimum Gasteiger partial charge on any atom is -0.404 e. The zero-order valence-corrected chi connectivity index (χ0v) is 19.2. The Morgan fingerprint density at radius 2 is 2.06 bits per heavy atom. The van der Waals surface area contributed by atoms with Crippen LogP contribution in [0, 0.1) is 5.41 Å². The van der Waals surface area contributed by atoms with Crippen molar-refractivity contribution in [2.24, 2.45) is 15.7 Å². The molecule has 2 aliphatic rings. The van der Waals surface area contributed by atoms with E-state index in [1.165, 1.54) is 29.7 Å². The van der Waals surface area contributed by atoms with Crippen molar-refractivity contribution in [2.45, 2.75) is 51.1 Å². The van der Waals surface area contributed by atoms with Crippen LogP contribution in [0.5, 0.6) is 0 Å². The molecule has 3 rings (SSSR count). The Balaban J connectivity index is 2.01. The third kappa shape index (κ3) is 5.01. The van der Waals surface area contributed by atoms with Gasteiger partial charge in [0.15, 0.2) is 11.5 Å². The van der Waals surface area contributed by atoms with Crippen LogP contribution < -0.4 is 16.0 Å². The van der Waals surface area contributed by atoms with Crippen molar-refractivity contribution in [1.82, 2.24) is 20.2 Å². The largest absolute Gasteiger partial charge is 0.434 e. The van der Waals surface area contributed by atoms with Gasteiger partial charge in [0.2, 0.25) is 0 Å². The van der Waals surface area contributed by atoms with Gasteiger partial charge >= 0.3 is 6.18 Å².